The summed E-state index contributed by atoms with van der Waals surface area (Å²) in [5.74, 6) is 2.23. The van der Waals surface area contributed by atoms with E-state index in [-0.39, 0.29) is 22.6 Å². The Morgan fingerprint density at radius 3 is 2.85 bits per heavy atom. The van der Waals surface area contributed by atoms with E-state index in [9.17, 15) is 9.59 Å². The minimum absolute atomic E-state index is 0.0245. The van der Waals surface area contributed by atoms with Crippen molar-refractivity contribution in [3.63, 3.8) is 0 Å². The molecule has 0 bridgehead atoms. The number of rotatable bonds is 3. The fourth-order valence-corrected chi connectivity index (χ4v) is 6.92. The van der Waals surface area contributed by atoms with Gasteiger partial charge in [-0.25, -0.2) is 0 Å². The molecular weight excluding hydrogens is 324 g/mol. The van der Waals surface area contributed by atoms with Crippen LogP contribution in [0.15, 0.2) is 36.5 Å². The van der Waals surface area contributed by atoms with Crippen molar-refractivity contribution >= 4 is 11.8 Å². The number of carbonyl (C=O) groups is 2. The Bertz CT molecular complexity index is 702. The molecule has 3 fully saturated rings. The van der Waals surface area contributed by atoms with Gasteiger partial charge in [0.25, 0.3) is 0 Å². The highest BCUT2D eigenvalue weighted by Crippen LogP contribution is 2.66. The van der Waals surface area contributed by atoms with E-state index in [1.54, 1.807) is 6.08 Å². The molecule has 3 heteroatoms. The van der Waals surface area contributed by atoms with Gasteiger partial charge in [0.05, 0.1) is 6.61 Å². The highest BCUT2D eigenvalue weighted by Gasteiger charge is 2.60. The smallest absolute Gasteiger partial charge is 0.302 e. The number of esters is 1. The molecule has 140 valence electrons. The van der Waals surface area contributed by atoms with Crippen molar-refractivity contribution in [3.05, 3.63) is 36.5 Å². The summed E-state index contributed by atoms with van der Waals surface area (Å²) < 4.78 is 5.59. The summed E-state index contributed by atoms with van der Waals surface area (Å²) in [7, 11) is 0. The molecule has 0 aliphatic heterocycles. The van der Waals surface area contributed by atoms with Crippen LogP contribution < -0.4 is 0 Å². The van der Waals surface area contributed by atoms with Gasteiger partial charge in [0.15, 0.2) is 5.78 Å². The van der Waals surface area contributed by atoms with Crippen molar-refractivity contribution in [1.82, 2.24) is 0 Å². The average Bonchev–Trinajstić information content (AvgIpc) is 2.99. The van der Waals surface area contributed by atoms with E-state index in [4.69, 9.17) is 4.74 Å². The molecule has 3 nitrogen and oxygen atoms in total. The largest absolute Gasteiger partial charge is 0.465 e. The second kappa shape index (κ2) is 6.21. The van der Waals surface area contributed by atoms with Crippen LogP contribution >= 0.6 is 0 Å². The molecule has 6 atom stereocenters. The normalized spacial score (nSPS) is 43.8. The molecule has 0 spiro atoms. The fraction of sp³-hybridized carbons (Fsp3) is 0.652. The molecule has 0 radical (unpaired) electrons. The molecule has 4 aliphatic rings. The van der Waals surface area contributed by atoms with Gasteiger partial charge in [-0.05, 0) is 74.3 Å². The molecule has 0 heterocycles. The highest BCUT2D eigenvalue weighted by molar-refractivity contribution is 6.01. The van der Waals surface area contributed by atoms with Crippen LogP contribution in [-0.4, -0.2) is 18.4 Å². The van der Waals surface area contributed by atoms with Crippen LogP contribution in [0.3, 0.4) is 0 Å². The van der Waals surface area contributed by atoms with Gasteiger partial charge >= 0.3 is 5.97 Å². The zero-order valence-corrected chi connectivity index (χ0v) is 16.0. The number of carbonyl (C=O) groups excluding carboxylic acids is 2. The van der Waals surface area contributed by atoms with Gasteiger partial charge in [-0.15, -0.1) is 6.58 Å². The van der Waals surface area contributed by atoms with Crippen LogP contribution in [0.25, 0.3) is 0 Å². The van der Waals surface area contributed by atoms with Crippen LogP contribution in [0.5, 0.6) is 0 Å². The summed E-state index contributed by atoms with van der Waals surface area (Å²) in [6, 6.07) is 0. The summed E-state index contributed by atoms with van der Waals surface area (Å²) in [5, 5.41) is 0. The van der Waals surface area contributed by atoms with Crippen molar-refractivity contribution < 1.29 is 14.3 Å². The Labute approximate surface area is 156 Å². The zero-order valence-electron chi connectivity index (χ0n) is 16.0. The maximum absolute atomic E-state index is 11.9. The summed E-state index contributed by atoms with van der Waals surface area (Å²) >= 11 is 0. The van der Waals surface area contributed by atoms with Crippen LogP contribution in [0.2, 0.25) is 0 Å². The monoisotopic (exact) mass is 354 g/mol. The minimum atomic E-state index is -0.176. The molecule has 3 saturated carbocycles. The maximum atomic E-state index is 11.9. The Morgan fingerprint density at radius 2 is 2.12 bits per heavy atom. The van der Waals surface area contributed by atoms with Crippen LogP contribution in [0.1, 0.15) is 52.4 Å². The molecule has 0 N–H and O–H groups in total. The van der Waals surface area contributed by atoms with Crippen molar-refractivity contribution in [2.75, 3.05) is 6.61 Å². The quantitative estimate of drug-likeness (QED) is 0.548. The number of hydrogen-bond donors (Lipinski definition) is 0. The lowest BCUT2D eigenvalue weighted by Gasteiger charge is -2.57. The number of ketones is 1. The predicted molar refractivity (Wildman–Crippen MR) is 101 cm³/mol. The van der Waals surface area contributed by atoms with E-state index in [1.807, 2.05) is 6.08 Å². The zero-order chi connectivity index (χ0) is 18.5. The van der Waals surface area contributed by atoms with Crippen molar-refractivity contribution in [1.29, 1.82) is 0 Å². The fourth-order valence-electron chi connectivity index (χ4n) is 6.92. The van der Waals surface area contributed by atoms with Crippen LogP contribution in [0, 0.1) is 34.5 Å². The van der Waals surface area contributed by atoms with E-state index in [2.05, 4.69) is 25.7 Å². The van der Waals surface area contributed by atoms with Crippen molar-refractivity contribution in [2.24, 2.45) is 34.5 Å². The number of allylic oxidation sites excluding steroid dienone is 5. The Morgan fingerprint density at radius 1 is 1.31 bits per heavy atom. The molecule has 26 heavy (non-hydrogen) atoms. The lowest BCUT2D eigenvalue weighted by molar-refractivity contribution is -0.151. The first-order chi connectivity index (χ1) is 12.4. The van der Waals surface area contributed by atoms with Gasteiger partial charge < -0.3 is 4.74 Å². The molecule has 4 aliphatic carbocycles. The number of fused-ring (bicyclic) bond motifs is 5. The topological polar surface area (TPSA) is 43.4 Å². The van der Waals surface area contributed by atoms with Gasteiger partial charge in [0.1, 0.15) is 0 Å². The van der Waals surface area contributed by atoms with Crippen LogP contribution in [-0.2, 0) is 14.3 Å². The summed E-state index contributed by atoms with van der Waals surface area (Å²) in [5.41, 5.74) is 1.42. The third kappa shape index (κ3) is 2.46. The Hall–Kier alpha value is -1.64. The van der Waals surface area contributed by atoms with E-state index in [0.29, 0.717) is 30.3 Å². The van der Waals surface area contributed by atoms with Gasteiger partial charge in [-0.3, -0.25) is 9.59 Å². The predicted octanol–water partition coefficient (Wildman–Crippen LogP) is 4.64. The van der Waals surface area contributed by atoms with Gasteiger partial charge in [0, 0.05) is 17.8 Å². The molecular formula is C23H30O3. The van der Waals surface area contributed by atoms with E-state index >= 15 is 0 Å². The summed E-state index contributed by atoms with van der Waals surface area (Å²) in [4.78, 5) is 23.4. The van der Waals surface area contributed by atoms with E-state index < -0.39 is 0 Å². The third-order valence-corrected chi connectivity index (χ3v) is 8.17. The molecule has 0 aromatic carbocycles. The minimum Gasteiger partial charge on any atom is -0.465 e. The third-order valence-electron chi connectivity index (χ3n) is 8.17. The lowest BCUT2D eigenvalue weighted by Crippen LogP contribution is -2.52. The Balaban J connectivity index is 1.67. The SMILES string of the molecule is C=C[C@H]1CCC2C3CCC4=CC(=O)C=C[C@]4(C)C3CC[C@@]21COC(C)=O. The molecule has 0 amide bonds. The molecule has 0 aromatic rings. The summed E-state index contributed by atoms with van der Waals surface area (Å²) in [6.07, 6.45) is 14.7. The van der Waals surface area contributed by atoms with Crippen molar-refractivity contribution in [3.8, 4) is 0 Å². The first kappa shape index (κ1) is 17.8. The molecule has 0 aromatic heterocycles. The van der Waals surface area contributed by atoms with Gasteiger partial charge in [-0.1, -0.05) is 24.6 Å². The highest BCUT2D eigenvalue weighted by atomic mass is 16.5. The average molecular weight is 354 g/mol. The molecule has 0 saturated heterocycles. The van der Waals surface area contributed by atoms with E-state index in [1.165, 1.54) is 18.9 Å². The number of hydrogen-bond acceptors (Lipinski definition) is 3. The van der Waals surface area contributed by atoms with Crippen LogP contribution in [0.4, 0.5) is 0 Å². The summed E-state index contributed by atoms with van der Waals surface area (Å²) in [6.45, 7) is 8.48. The van der Waals surface area contributed by atoms with Gasteiger partial charge in [-0.2, -0.15) is 0 Å². The lowest BCUT2D eigenvalue weighted by atomic mass is 9.47. The van der Waals surface area contributed by atoms with E-state index in [0.717, 1.165) is 32.1 Å². The second-order valence-corrected chi connectivity index (χ2v) is 9.08. The number of ether oxygens (including phenoxy) is 1. The first-order valence-electron chi connectivity index (χ1n) is 10.1. The maximum Gasteiger partial charge on any atom is 0.302 e. The first-order valence-corrected chi connectivity index (χ1v) is 10.1. The second-order valence-electron chi connectivity index (χ2n) is 9.08. The van der Waals surface area contributed by atoms with Crippen molar-refractivity contribution in [2.45, 2.75) is 52.4 Å². The molecule has 4 rings (SSSR count). The van der Waals surface area contributed by atoms with Gasteiger partial charge in [0.2, 0.25) is 0 Å². The molecule has 3 unspecified atom stereocenters. The standard InChI is InChI=1S/C23H30O3/c1-4-16-6-8-21-19-7-5-17-13-18(25)9-11-22(17,3)20(19)10-12-23(16,21)14-26-15(2)24/h4,9,11,13,16,19-21H,1,5-8,10,12,14H2,2-3H3/t16-,19?,20?,21?,22-,23-/m0/s1. The Kier molecular flexibility index (Phi) is 4.24.